The minimum absolute atomic E-state index is 0.147. The fraction of sp³-hybridized carbons (Fsp3) is 0.0357. The number of nitrogens with zero attached hydrogens (tertiary/aromatic N) is 4. The molecule has 1 aromatic heterocycles. The fourth-order valence-electron chi connectivity index (χ4n) is 4.85. The molecule has 1 atom stereocenters. The van der Waals surface area contributed by atoms with Crippen molar-refractivity contribution < 1.29 is 4.74 Å². The molecule has 1 unspecified atom stereocenters. The van der Waals surface area contributed by atoms with E-state index >= 15 is 0 Å². The zero-order chi connectivity index (χ0) is 23.6. The van der Waals surface area contributed by atoms with Crippen molar-refractivity contribution >= 4 is 34.1 Å². The van der Waals surface area contributed by atoms with Crippen molar-refractivity contribution in [3.8, 4) is 5.69 Å². The topological polar surface area (TPSA) is 59.7 Å². The Morgan fingerprint density at radius 3 is 2.34 bits per heavy atom. The Morgan fingerprint density at radius 1 is 0.800 bits per heavy atom. The number of hydrogen-bond acceptors (Lipinski definition) is 5. The third-order valence-electron chi connectivity index (χ3n) is 6.41. The molecule has 0 bridgehead atoms. The molecule has 7 rings (SSSR count). The summed E-state index contributed by atoms with van der Waals surface area (Å²) in [6.07, 6.45) is 0. The molecule has 0 N–H and O–H groups in total. The van der Waals surface area contributed by atoms with Crippen LogP contribution in [0.2, 0.25) is 5.02 Å². The van der Waals surface area contributed by atoms with E-state index in [1.165, 1.54) is 0 Å². The van der Waals surface area contributed by atoms with Crippen LogP contribution >= 0.6 is 11.6 Å². The van der Waals surface area contributed by atoms with Gasteiger partial charge >= 0.3 is 0 Å². The summed E-state index contributed by atoms with van der Waals surface area (Å²) >= 11 is 6.13. The number of ether oxygens (including phenoxy) is 1. The summed E-state index contributed by atoms with van der Waals surface area (Å²) in [5.41, 5.74) is 2.28. The van der Waals surface area contributed by atoms with Gasteiger partial charge in [-0.05, 0) is 54.6 Å². The zero-order valence-electron chi connectivity index (χ0n) is 18.3. The molecular formula is C28H17ClN4O2. The number of halogens is 1. The smallest absolute Gasteiger partial charge is 0.291 e. The number of anilines is 1. The Morgan fingerprint density at radius 2 is 1.51 bits per heavy atom. The highest BCUT2D eigenvalue weighted by Crippen LogP contribution is 2.50. The molecule has 6 nitrogen and oxygen atoms in total. The highest BCUT2D eigenvalue weighted by Gasteiger charge is 2.57. The van der Waals surface area contributed by atoms with Crippen molar-refractivity contribution in [3.63, 3.8) is 0 Å². The van der Waals surface area contributed by atoms with E-state index in [-0.39, 0.29) is 5.56 Å². The SMILES string of the molecule is O=c1c2ccccc2nc2n1-c1ccccc1C21OC(c2ccc(Cl)cc2)=NN1c1ccccc1. The predicted molar refractivity (Wildman–Crippen MR) is 136 cm³/mol. The van der Waals surface area contributed by atoms with Crippen LogP contribution in [0, 0.1) is 0 Å². The van der Waals surface area contributed by atoms with Crippen LogP contribution in [0.5, 0.6) is 0 Å². The monoisotopic (exact) mass is 476 g/mol. The molecule has 4 aromatic carbocycles. The molecular weight excluding hydrogens is 460 g/mol. The molecule has 5 aromatic rings. The van der Waals surface area contributed by atoms with E-state index in [0.717, 1.165) is 22.5 Å². The lowest BCUT2D eigenvalue weighted by atomic mass is 10.0. The predicted octanol–water partition coefficient (Wildman–Crippen LogP) is 5.45. The summed E-state index contributed by atoms with van der Waals surface area (Å²) in [4.78, 5) is 18.7. The first-order valence-corrected chi connectivity index (χ1v) is 11.6. The third kappa shape index (κ3) is 2.74. The van der Waals surface area contributed by atoms with E-state index in [9.17, 15) is 4.79 Å². The van der Waals surface area contributed by atoms with Crippen LogP contribution in [0.1, 0.15) is 17.0 Å². The van der Waals surface area contributed by atoms with Gasteiger partial charge in [-0.15, -0.1) is 5.10 Å². The van der Waals surface area contributed by atoms with E-state index in [4.69, 9.17) is 26.4 Å². The third-order valence-corrected chi connectivity index (χ3v) is 6.67. The molecule has 7 heteroatoms. The molecule has 0 saturated carbocycles. The molecule has 35 heavy (non-hydrogen) atoms. The van der Waals surface area contributed by atoms with Gasteiger partial charge in [0.2, 0.25) is 5.90 Å². The highest BCUT2D eigenvalue weighted by atomic mass is 35.5. The van der Waals surface area contributed by atoms with Gasteiger partial charge < -0.3 is 4.74 Å². The summed E-state index contributed by atoms with van der Waals surface area (Å²) in [6, 6.07) is 32.2. The van der Waals surface area contributed by atoms with Crippen molar-refractivity contribution in [1.82, 2.24) is 9.55 Å². The highest BCUT2D eigenvalue weighted by molar-refractivity contribution is 6.30. The van der Waals surface area contributed by atoms with Gasteiger partial charge in [0.05, 0.1) is 27.8 Å². The van der Waals surface area contributed by atoms with Crippen molar-refractivity contribution in [2.45, 2.75) is 5.72 Å². The Hall–Kier alpha value is -4.42. The number of para-hydroxylation sites is 3. The molecule has 1 spiro atoms. The van der Waals surface area contributed by atoms with Gasteiger partial charge in [-0.25, -0.2) is 9.99 Å². The second-order valence-electron chi connectivity index (χ2n) is 8.42. The minimum Gasteiger partial charge on any atom is -0.435 e. The van der Waals surface area contributed by atoms with Crippen LogP contribution in [0.3, 0.4) is 0 Å². The number of hydrogen-bond donors (Lipinski definition) is 0. The van der Waals surface area contributed by atoms with Crippen LogP contribution in [0.15, 0.2) is 113 Å². The van der Waals surface area contributed by atoms with Gasteiger partial charge in [-0.2, -0.15) is 0 Å². The number of rotatable bonds is 2. The molecule has 2 aliphatic rings. The number of fused-ring (bicyclic) bond motifs is 6. The summed E-state index contributed by atoms with van der Waals surface area (Å²) in [5, 5.41) is 7.92. The molecule has 2 aliphatic heterocycles. The van der Waals surface area contributed by atoms with Crippen molar-refractivity contribution in [2.24, 2.45) is 5.10 Å². The molecule has 0 aliphatic carbocycles. The maximum Gasteiger partial charge on any atom is 0.291 e. The molecule has 168 valence electrons. The summed E-state index contributed by atoms with van der Waals surface area (Å²) in [7, 11) is 0. The van der Waals surface area contributed by atoms with Crippen molar-refractivity contribution in [1.29, 1.82) is 0 Å². The van der Waals surface area contributed by atoms with Crippen LogP contribution in [0.25, 0.3) is 16.6 Å². The van der Waals surface area contributed by atoms with Crippen molar-refractivity contribution in [3.05, 3.63) is 135 Å². The summed E-state index contributed by atoms with van der Waals surface area (Å²) in [6.45, 7) is 0. The standard InChI is InChI=1S/C28H17ClN4O2/c29-19-16-14-18(15-17-19)25-31-33(20-8-2-1-3-9-20)28(35-25)22-11-5-7-13-24(22)32-26(34)21-10-4-6-12-23(21)30-27(28)32/h1-17H. The average Bonchev–Trinajstić information content (AvgIpc) is 3.43. The van der Waals surface area contributed by atoms with E-state index in [1.54, 1.807) is 22.8 Å². The average molecular weight is 477 g/mol. The Balaban J connectivity index is 1.56. The maximum absolute atomic E-state index is 13.8. The second kappa shape index (κ2) is 7.29. The summed E-state index contributed by atoms with van der Waals surface area (Å²) in [5.74, 6) is 0.871. The van der Waals surface area contributed by atoms with Gasteiger partial charge in [0.15, 0.2) is 5.82 Å². The number of benzene rings is 4. The lowest BCUT2D eigenvalue weighted by Gasteiger charge is -2.32. The van der Waals surface area contributed by atoms with E-state index in [2.05, 4.69) is 0 Å². The normalized spacial score (nSPS) is 17.9. The van der Waals surface area contributed by atoms with E-state index < -0.39 is 5.72 Å². The lowest BCUT2D eigenvalue weighted by Crippen LogP contribution is -2.43. The summed E-state index contributed by atoms with van der Waals surface area (Å²) < 4.78 is 8.42. The van der Waals surface area contributed by atoms with Gasteiger partial charge in [0, 0.05) is 10.6 Å². The van der Waals surface area contributed by atoms with E-state index in [0.29, 0.717) is 27.6 Å². The van der Waals surface area contributed by atoms with Gasteiger partial charge in [0.25, 0.3) is 11.3 Å². The maximum atomic E-state index is 13.8. The first-order valence-electron chi connectivity index (χ1n) is 11.2. The number of hydrazone groups is 1. The first-order chi connectivity index (χ1) is 17.2. The second-order valence-corrected chi connectivity index (χ2v) is 8.85. The van der Waals surface area contributed by atoms with Crippen LogP contribution in [0.4, 0.5) is 5.69 Å². The quantitative estimate of drug-likeness (QED) is 0.340. The molecule has 0 radical (unpaired) electrons. The van der Waals surface area contributed by atoms with Gasteiger partial charge in [0.1, 0.15) is 0 Å². The van der Waals surface area contributed by atoms with E-state index in [1.807, 2.05) is 89.9 Å². The largest absolute Gasteiger partial charge is 0.435 e. The molecule has 0 amide bonds. The van der Waals surface area contributed by atoms with Crippen LogP contribution < -0.4 is 10.6 Å². The zero-order valence-corrected chi connectivity index (χ0v) is 19.1. The fourth-order valence-corrected chi connectivity index (χ4v) is 4.98. The Labute approximate surface area is 205 Å². The Kier molecular flexibility index (Phi) is 4.16. The first kappa shape index (κ1) is 20.0. The molecule has 0 saturated heterocycles. The molecule has 0 fully saturated rings. The van der Waals surface area contributed by atoms with Gasteiger partial charge in [-0.1, -0.05) is 60.1 Å². The van der Waals surface area contributed by atoms with Crippen LogP contribution in [-0.4, -0.2) is 15.4 Å². The number of aromatic nitrogens is 2. The van der Waals surface area contributed by atoms with Crippen molar-refractivity contribution in [2.75, 3.05) is 5.01 Å². The minimum atomic E-state index is -1.27. The van der Waals surface area contributed by atoms with Gasteiger partial charge in [-0.3, -0.25) is 9.36 Å². The lowest BCUT2D eigenvalue weighted by molar-refractivity contribution is 0.116. The van der Waals surface area contributed by atoms with Crippen LogP contribution in [-0.2, 0) is 10.5 Å². The Bertz CT molecular complexity index is 1710. The molecule has 3 heterocycles.